The summed E-state index contributed by atoms with van der Waals surface area (Å²) < 4.78 is 39.2. The van der Waals surface area contributed by atoms with E-state index >= 15 is 0 Å². The van der Waals surface area contributed by atoms with Crippen molar-refractivity contribution in [1.29, 1.82) is 0 Å². The van der Waals surface area contributed by atoms with E-state index in [4.69, 9.17) is 14.6 Å². The number of pyridine rings is 1. The van der Waals surface area contributed by atoms with E-state index in [1.54, 1.807) is 54.7 Å². The van der Waals surface area contributed by atoms with Crippen LogP contribution < -0.4 is 9.47 Å². The molecule has 2 heterocycles. The van der Waals surface area contributed by atoms with Gasteiger partial charge in [0.2, 0.25) is 5.88 Å². The third-order valence-electron chi connectivity index (χ3n) is 4.98. The van der Waals surface area contributed by atoms with Crippen LogP contribution >= 0.6 is 0 Å². The number of aliphatic carboxylic acids is 1. The molecule has 0 fully saturated rings. The smallest absolute Gasteiger partial charge is 0.303 e. The first kappa shape index (κ1) is 22.3. The third kappa shape index (κ3) is 4.83. The Kier molecular flexibility index (Phi) is 6.32. The lowest BCUT2D eigenvalue weighted by molar-refractivity contribution is -0.136. The topological polar surface area (TPSA) is 108 Å². The monoisotopic (exact) mass is 466 g/mol. The van der Waals surface area contributed by atoms with Gasteiger partial charge >= 0.3 is 5.97 Å². The summed E-state index contributed by atoms with van der Waals surface area (Å²) in [5.41, 5.74) is 1.07. The fraction of sp³-hybridized carbons (Fsp3) is 0.167. The summed E-state index contributed by atoms with van der Waals surface area (Å²) in [6.45, 7) is 2.31. The lowest BCUT2D eigenvalue weighted by atomic mass is 10.1. The molecule has 170 valence electrons. The van der Waals surface area contributed by atoms with E-state index < -0.39 is 16.0 Å². The van der Waals surface area contributed by atoms with Crippen LogP contribution in [0.4, 0.5) is 0 Å². The van der Waals surface area contributed by atoms with Gasteiger partial charge in [-0.15, -0.1) is 0 Å². The first-order valence-electron chi connectivity index (χ1n) is 10.3. The Labute approximate surface area is 191 Å². The summed E-state index contributed by atoms with van der Waals surface area (Å²) >= 11 is 0. The number of carboxylic acid groups (broad SMARTS) is 1. The highest BCUT2D eigenvalue weighted by molar-refractivity contribution is 7.90. The van der Waals surface area contributed by atoms with Crippen LogP contribution in [0.1, 0.15) is 18.9 Å². The molecule has 2 aromatic heterocycles. The minimum atomic E-state index is -3.94. The van der Waals surface area contributed by atoms with Crippen LogP contribution in [0.25, 0.3) is 10.9 Å². The minimum absolute atomic E-state index is 0.0754. The molecular weight excluding hydrogens is 444 g/mol. The van der Waals surface area contributed by atoms with E-state index in [2.05, 4.69) is 4.98 Å². The number of nitrogens with zero attached hydrogens (tertiary/aromatic N) is 2. The first-order valence-corrected chi connectivity index (χ1v) is 11.8. The predicted octanol–water partition coefficient (Wildman–Crippen LogP) is 4.48. The van der Waals surface area contributed by atoms with Crippen LogP contribution in [-0.4, -0.2) is 35.1 Å². The zero-order chi connectivity index (χ0) is 23.4. The van der Waals surface area contributed by atoms with Gasteiger partial charge in [-0.25, -0.2) is 17.4 Å². The molecule has 0 radical (unpaired) electrons. The van der Waals surface area contributed by atoms with E-state index in [-0.39, 0.29) is 17.7 Å². The molecule has 4 rings (SSSR count). The number of ether oxygens (including phenoxy) is 2. The van der Waals surface area contributed by atoms with E-state index in [0.717, 1.165) is 0 Å². The fourth-order valence-corrected chi connectivity index (χ4v) is 4.85. The van der Waals surface area contributed by atoms with E-state index in [0.29, 0.717) is 40.5 Å². The number of aromatic nitrogens is 2. The summed E-state index contributed by atoms with van der Waals surface area (Å²) in [4.78, 5) is 15.3. The number of rotatable bonds is 9. The molecule has 2 aromatic carbocycles. The normalized spacial score (nSPS) is 11.4. The molecule has 0 aliphatic carbocycles. The number of hydrogen-bond donors (Lipinski definition) is 1. The molecule has 0 aliphatic rings. The Morgan fingerprint density at radius 3 is 2.48 bits per heavy atom. The van der Waals surface area contributed by atoms with Crippen molar-refractivity contribution < 1.29 is 27.8 Å². The van der Waals surface area contributed by atoms with Crippen molar-refractivity contribution in [2.75, 3.05) is 6.61 Å². The van der Waals surface area contributed by atoms with Gasteiger partial charge in [0.1, 0.15) is 11.5 Å². The van der Waals surface area contributed by atoms with E-state index in [1.807, 2.05) is 6.92 Å². The maximum absolute atomic E-state index is 13.4. The van der Waals surface area contributed by atoms with Crippen molar-refractivity contribution in [3.63, 3.8) is 0 Å². The molecule has 0 unspecified atom stereocenters. The van der Waals surface area contributed by atoms with E-state index in [9.17, 15) is 13.2 Å². The minimum Gasteiger partial charge on any atom is -0.494 e. The lowest BCUT2D eigenvalue weighted by Crippen LogP contribution is -2.11. The maximum Gasteiger partial charge on any atom is 0.303 e. The summed E-state index contributed by atoms with van der Waals surface area (Å²) in [5.74, 6) is 0.488. The first-order chi connectivity index (χ1) is 15.9. The van der Waals surface area contributed by atoms with Crippen LogP contribution in [0.3, 0.4) is 0 Å². The average Bonchev–Trinajstić information content (AvgIpc) is 3.18. The standard InChI is InChI=1S/C24H22N2O6S/c1-2-31-19-9-12-22-21(15-19)17(6-13-24(27)28)16-26(22)33(29,30)20-10-7-18(8-11-20)32-23-5-3-4-14-25-23/h3-5,7-12,14-16H,2,6,13H2,1H3,(H,27,28). The Balaban J connectivity index is 1.71. The number of carbonyl (C=O) groups is 1. The highest BCUT2D eigenvalue weighted by atomic mass is 32.2. The van der Waals surface area contributed by atoms with Crippen molar-refractivity contribution in [2.45, 2.75) is 24.7 Å². The summed E-state index contributed by atoms with van der Waals surface area (Å²) in [5, 5.41) is 9.74. The molecule has 9 heteroatoms. The van der Waals surface area contributed by atoms with Crippen LogP contribution in [-0.2, 0) is 21.2 Å². The van der Waals surface area contributed by atoms with Gasteiger partial charge in [0.15, 0.2) is 0 Å². The molecule has 0 saturated carbocycles. The van der Waals surface area contributed by atoms with Crippen molar-refractivity contribution in [1.82, 2.24) is 8.96 Å². The molecule has 8 nitrogen and oxygen atoms in total. The Morgan fingerprint density at radius 2 is 1.82 bits per heavy atom. The molecule has 33 heavy (non-hydrogen) atoms. The molecule has 0 atom stereocenters. The van der Waals surface area contributed by atoms with Crippen LogP contribution in [0.2, 0.25) is 0 Å². The molecule has 1 N–H and O–H groups in total. The maximum atomic E-state index is 13.4. The summed E-state index contributed by atoms with van der Waals surface area (Å²) in [6, 6.07) is 16.4. The van der Waals surface area contributed by atoms with Gasteiger partial charge in [0, 0.05) is 30.3 Å². The molecule has 4 aromatic rings. The predicted molar refractivity (Wildman–Crippen MR) is 122 cm³/mol. The Bertz CT molecular complexity index is 1380. The molecule has 0 bridgehead atoms. The number of carboxylic acids is 1. The quantitative estimate of drug-likeness (QED) is 0.387. The number of benzene rings is 2. The fourth-order valence-electron chi connectivity index (χ4n) is 3.46. The van der Waals surface area contributed by atoms with Crippen molar-refractivity contribution in [3.8, 4) is 17.4 Å². The molecule has 0 aliphatic heterocycles. The molecule has 0 amide bonds. The second-order valence-corrected chi connectivity index (χ2v) is 9.02. The zero-order valence-electron chi connectivity index (χ0n) is 17.8. The van der Waals surface area contributed by atoms with Crippen LogP contribution in [0.15, 0.2) is 78.0 Å². The van der Waals surface area contributed by atoms with Gasteiger partial charge in [-0.05, 0) is 67.4 Å². The van der Waals surface area contributed by atoms with E-state index in [1.165, 1.54) is 22.3 Å². The summed E-state index contributed by atoms with van der Waals surface area (Å²) in [6.07, 6.45) is 3.17. The number of fused-ring (bicyclic) bond motifs is 1. The highest BCUT2D eigenvalue weighted by Crippen LogP contribution is 2.31. The second-order valence-electron chi connectivity index (χ2n) is 7.20. The molecule has 0 spiro atoms. The van der Waals surface area contributed by atoms with Gasteiger partial charge in [0.05, 0.1) is 17.0 Å². The SMILES string of the molecule is CCOc1ccc2c(c1)c(CCC(=O)O)cn2S(=O)(=O)c1ccc(Oc2ccccn2)cc1. The van der Waals surface area contributed by atoms with Crippen molar-refractivity contribution >= 4 is 26.9 Å². The van der Waals surface area contributed by atoms with Gasteiger partial charge < -0.3 is 14.6 Å². The van der Waals surface area contributed by atoms with Crippen molar-refractivity contribution in [2.24, 2.45) is 0 Å². The van der Waals surface area contributed by atoms with Crippen molar-refractivity contribution in [3.05, 3.63) is 78.6 Å². The number of hydrogen-bond acceptors (Lipinski definition) is 6. The van der Waals surface area contributed by atoms with Crippen LogP contribution in [0.5, 0.6) is 17.4 Å². The molecule has 0 saturated heterocycles. The van der Waals surface area contributed by atoms with Gasteiger partial charge in [-0.2, -0.15) is 0 Å². The second kappa shape index (κ2) is 9.33. The summed E-state index contributed by atoms with van der Waals surface area (Å²) in [7, 11) is -3.94. The van der Waals surface area contributed by atoms with Gasteiger partial charge in [0.25, 0.3) is 10.0 Å². The lowest BCUT2D eigenvalue weighted by Gasteiger charge is -2.10. The third-order valence-corrected chi connectivity index (χ3v) is 6.67. The highest BCUT2D eigenvalue weighted by Gasteiger charge is 2.22. The largest absolute Gasteiger partial charge is 0.494 e. The number of aryl methyl sites for hydroxylation is 1. The Morgan fingerprint density at radius 1 is 1.06 bits per heavy atom. The van der Waals surface area contributed by atoms with Crippen LogP contribution in [0, 0.1) is 0 Å². The van der Waals surface area contributed by atoms with Gasteiger partial charge in [-0.3, -0.25) is 4.79 Å². The molecular formula is C24H22N2O6S. The zero-order valence-corrected chi connectivity index (χ0v) is 18.7. The average molecular weight is 467 g/mol. The van der Waals surface area contributed by atoms with Gasteiger partial charge in [-0.1, -0.05) is 6.07 Å². The Hall–Kier alpha value is -3.85.